The lowest BCUT2D eigenvalue weighted by Gasteiger charge is -2.21. The predicted octanol–water partition coefficient (Wildman–Crippen LogP) is 1.85. The van der Waals surface area contributed by atoms with Crippen molar-refractivity contribution in [3.8, 4) is 0 Å². The van der Waals surface area contributed by atoms with Gasteiger partial charge in [-0.1, -0.05) is 29.8 Å². The van der Waals surface area contributed by atoms with Crippen LogP contribution in [0.5, 0.6) is 0 Å². The van der Waals surface area contributed by atoms with Gasteiger partial charge in [0.1, 0.15) is 5.54 Å². The third kappa shape index (κ3) is 3.67. The fourth-order valence-corrected chi connectivity index (χ4v) is 1.54. The number of aryl methyl sites for hydroxylation is 1. The van der Waals surface area contributed by atoms with Crippen molar-refractivity contribution in [2.24, 2.45) is 5.73 Å². The highest BCUT2D eigenvalue weighted by Gasteiger charge is 2.32. The van der Waals surface area contributed by atoms with Gasteiger partial charge in [0.05, 0.1) is 6.61 Å². The predicted molar refractivity (Wildman–Crippen MR) is 69.4 cm³/mol. The maximum absolute atomic E-state index is 12.0. The maximum Gasteiger partial charge on any atom is 0.326 e. The lowest BCUT2D eigenvalue weighted by molar-refractivity contribution is -0.148. The molecule has 1 aromatic rings. The van der Waals surface area contributed by atoms with Crippen molar-refractivity contribution < 1.29 is 14.3 Å². The number of ketones is 1. The molecule has 2 N–H and O–H groups in total. The summed E-state index contributed by atoms with van der Waals surface area (Å²) in [6.45, 7) is 5.41. The molecule has 0 radical (unpaired) electrons. The van der Waals surface area contributed by atoms with Gasteiger partial charge >= 0.3 is 5.97 Å². The third-order valence-corrected chi connectivity index (χ3v) is 2.64. The van der Waals surface area contributed by atoms with Crippen LogP contribution in [0.15, 0.2) is 24.3 Å². The maximum atomic E-state index is 12.0. The topological polar surface area (TPSA) is 69.4 Å². The molecule has 0 heterocycles. The summed E-state index contributed by atoms with van der Waals surface area (Å²) in [4.78, 5) is 23.6. The summed E-state index contributed by atoms with van der Waals surface area (Å²) >= 11 is 0. The van der Waals surface area contributed by atoms with Crippen LogP contribution in [-0.2, 0) is 9.53 Å². The molecule has 1 aromatic carbocycles. The number of esters is 1. The van der Waals surface area contributed by atoms with Crippen LogP contribution in [0.1, 0.15) is 36.2 Å². The Morgan fingerprint density at radius 2 is 1.83 bits per heavy atom. The van der Waals surface area contributed by atoms with Crippen molar-refractivity contribution in [1.82, 2.24) is 0 Å². The number of Topliss-reactive ketones (excluding diaryl/α,β-unsaturated/α-hetero) is 1. The quantitative estimate of drug-likeness (QED) is 0.638. The van der Waals surface area contributed by atoms with E-state index in [1.807, 2.05) is 19.1 Å². The van der Waals surface area contributed by atoms with Gasteiger partial charge in [0.2, 0.25) is 0 Å². The molecule has 0 aromatic heterocycles. The van der Waals surface area contributed by atoms with Crippen molar-refractivity contribution in [1.29, 1.82) is 0 Å². The number of hydrogen-bond donors (Lipinski definition) is 1. The highest BCUT2D eigenvalue weighted by atomic mass is 16.5. The zero-order chi connectivity index (χ0) is 13.8. The monoisotopic (exact) mass is 249 g/mol. The number of carbonyl (C=O) groups excluding carboxylic acids is 2. The summed E-state index contributed by atoms with van der Waals surface area (Å²) in [5.41, 5.74) is 6.17. The molecule has 0 saturated carbocycles. The second-order valence-electron chi connectivity index (χ2n) is 4.60. The number of nitrogens with two attached hydrogens (primary N) is 1. The standard InChI is InChI=1S/C14H19NO3/c1-4-18-13(17)14(3,15)9-12(16)11-7-5-10(2)6-8-11/h5-8H,4,9,15H2,1-3H3. The molecule has 0 aliphatic heterocycles. The highest BCUT2D eigenvalue weighted by Crippen LogP contribution is 2.14. The first-order valence-corrected chi connectivity index (χ1v) is 5.93. The van der Waals surface area contributed by atoms with Gasteiger partial charge in [-0.05, 0) is 20.8 Å². The molecule has 0 bridgehead atoms. The minimum Gasteiger partial charge on any atom is -0.465 e. The Hall–Kier alpha value is -1.68. The second-order valence-corrected chi connectivity index (χ2v) is 4.60. The summed E-state index contributed by atoms with van der Waals surface area (Å²) in [5, 5.41) is 0. The molecular formula is C14H19NO3. The van der Waals surface area contributed by atoms with E-state index in [9.17, 15) is 9.59 Å². The molecule has 0 saturated heterocycles. The normalized spacial score (nSPS) is 13.8. The number of hydrogen-bond acceptors (Lipinski definition) is 4. The van der Waals surface area contributed by atoms with Crippen LogP contribution in [0, 0.1) is 6.92 Å². The number of rotatable bonds is 5. The summed E-state index contributed by atoms with van der Waals surface area (Å²) in [5.74, 6) is -0.710. The lowest BCUT2D eigenvalue weighted by atomic mass is 9.93. The van der Waals surface area contributed by atoms with Crippen molar-refractivity contribution >= 4 is 11.8 Å². The first kappa shape index (κ1) is 14.4. The van der Waals surface area contributed by atoms with Crippen LogP contribution in [0.2, 0.25) is 0 Å². The summed E-state index contributed by atoms with van der Waals surface area (Å²) in [7, 11) is 0. The molecule has 0 spiro atoms. The fourth-order valence-electron chi connectivity index (χ4n) is 1.54. The smallest absolute Gasteiger partial charge is 0.326 e. The summed E-state index contributed by atoms with van der Waals surface area (Å²) < 4.78 is 4.85. The van der Waals surface area contributed by atoms with E-state index in [1.165, 1.54) is 6.92 Å². The Kier molecular flexibility index (Phi) is 4.62. The van der Waals surface area contributed by atoms with Crippen molar-refractivity contribution in [2.45, 2.75) is 32.7 Å². The molecule has 0 aliphatic rings. The van der Waals surface area contributed by atoms with Crippen LogP contribution >= 0.6 is 0 Å². The summed E-state index contributed by atoms with van der Waals surface area (Å²) in [6, 6.07) is 7.18. The van der Waals surface area contributed by atoms with Crippen molar-refractivity contribution in [3.63, 3.8) is 0 Å². The average Bonchev–Trinajstić information content (AvgIpc) is 2.29. The minimum atomic E-state index is -1.28. The number of ether oxygens (including phenoxy) is 1. The van der Waals surface area contributed by atoms with E-state index in [1.54, 1.807) is 19.1 Å². The minimum absolute atomic E-state index is 0.0606. The van der Waals surface area contributed by atoms with Crippen molar-refractivity contribution in [3.05, 3.63) is 35.4 Å². The van der Waals surface area contributed by atoms with Gasteiger partial charge < -0.3 is 10.5 Å². The molecule has 4 heteroatoms. The van der Waals surface area contributed by atoms with Gasteiger partial charge in [-0.3, -0.25) is 9.59 Å². The molecule has 4 nitrogen and oxygen atoms in total. The largest absolute Gasteiger partial charge is 0.465 e. The van der Waals surface area contributed by atoms with Crippen LogP contribution in [0.25, 0.3) is 0 Å². The van der Waals surface area contributed by atoms with Gasteiger partial charge in [0, 0.05) is 12.0 Å². The summed E-state index contributed by atoms with van der Waals surface area (Å²) in [6.07, 6.45) is -0.0606. The van der Waals surface area contributed by atoms with E-state index in [2.05, 4.69) is 0 Å². The Labute approximate surface area is 107 Å². The molecule has 1 atom stereocenters. The van der Waals surface area contributed by atoms with Gasteiger partial charge in [-0.15, -0.1) is 0 Å². The van der Waals surface area contributed by atoms with Crippen molar-refractivity contribution in [2.75, 3.05) is 6.61 Å². The molecule has 0 aliphatic carbocycles. The number of carbonyl (C=O) groups is 2. The average molecular weight is 249 g/mol. The van der Waals surface area contributed by atoms with E-state index in [0.717, 1.165) is 5.56 Å². The molecule has 1 unspecified atom stereocenters. The van der Waals surface area contributed by atoms with E-state index < -0.39 is 11.5 Å². The van der Waals surface area contributed by atoms with Gasteiger partial charge in [0.15, 0.2) is 5.78 Å². The van der Waals surface area contributed by atoms with E-state index in [-0.39, 0.29) is 18.8 Å². The van der Waals surface area contributed by atoms with Crippen LogP contribution < -0.4 is 5.73 Å². The Balaban J connectivity index is 2.75. The zero-order valence-electron chi connectivity index (χ0n) is 11.0. The lowest BCUT2D eigenvalue weighted by Crippen LogP contribution is -2.47. The van der Waals surface area contributed by atoms with E-state index in [0.29, 0.717) is 5.56 Å². The van der Waals surface area contributed by atoms with Crippen LogP contribution in [0.4, 0.5) is 0 Å². The molecule has 0 amide bonds. The van der Waals surface area contributed by atoms with Crippen LogP contribution in [-0.4, -0.2) is 23.9 Å². The molecular weight excluding hydrogens is 230 g/mol. The van der Waals surface area contributed by atoms with Gasteiger partial charge in [-0.25, -0.2) is 0 Å². The Morgan fingerprint density at radius 1 is 1.28 bits per heavy atom. The Bertz CT molecular complexity index is 435. The van der Waals surface area contributed by atoms with Crippen LogP contribution in [0.3, 0.4) is 0 Å². The second kappa shape index (κ2) is 5.78. The first-order valence-electron chi connectivity index (χ1n) is 5.93. The van der Waals surface area contributed by atoms with E-state index in [4.69, 9.17) is 10.5 Å². The highest BCUT2D eigenvalue weighted by molar-refractivity contribution is 6.00. The van der Waals surface area contributed by atoms with Gasteiger partial charge in [0.25, 0.3) is 0 Å². The first-order chi connectivity index (χ1) is 8.36. The third-order valence-electron chi connectivity index (χ3n) is 2.64. The molecule has 1 rings (SSSR count). The SMILES string of the molecule is CCOC(=O)C(C)(N)CC(=O)c1ccc(C)cc1. The van der Waals surface area contributed by atoms with Gasteiger partial charge in [-0.2, -0.15) is 0 Å². The molecule has 18 heavy (non-hydrogen) atoms. The van der Waals surface area contributed by atoms with E-state index >= 15 is 0 Å². The fraction of sp³-hybridized carbons (Fsp3) is 0.429. The zero-order valence-corrected chi connectivity index (χ0v) is 11.0. The number of benzene rings is 1. The molecule has 98 valence electrons. The molecule has 0 fully saturated rings. The Morgan fingerprint density at radius 3 is 2.33 bits per heavy atom.